The van der Waals surface area contributed by atoms with E-state index in [4.69, 9.17) is 14.5 Å². The van der Waals surface area contributed by atoms with Crippen molar-refractivity contribution in [3.05, 3.63) is 83.1 Å². The van der Waals surface area contributed by atoms with Gasteiger partial charge in [-0.3, -0.25) is 14.3 Å². The van der Waals surface area contributed by atoms with Crippen molar-refractivity contribution in [2.45, 2.75) is 38.8 Å². The quantitative estimate of drug-likeness (QED) is 0.265. The number of pyridine rings is 1. The lowest BCUT2D eigenvalue weighted by Crippen LogP contribution is -2.32. The van der Waals surface area contributed by atoms with Crippen molar-refractivity contribution in [1.82, 2.24) is 29.6 Å². The van der Waals surface area contributed by atoms with Gasteiger partial charge in [0.2, 0.25) is 0 Å². The highest BCUT2D eigenvalue weighted by Gasteiger charge is 2.31. The third kappa shape index (κ3) is 5.22. The average Bonchev–Trinajstić information content (AvgIpc) is 3.64. The number of esters is 1. The Labute approximate surface area is 246 Å². The summed E-state index contributed by atoms with van der Waals surface area (Å²) < 4.78 is 28.2. The van der Waals surface area contributed by atoms with Crippen molar-refractivity contribution in [1.29, 1.82) is 0 Å². The van der Waals surface area contributed by atoms with E-state index in [0.717, 1.165) is 46.2 Å². The van der Waals surface area contributed by atoms with Crippen LogP contribution in [-0.4, -0.2) is 54.7 Å². The van der Waals surface area contributed by atoms with E-state index in [-0.39, 0.29) is 25.3 Å². The maximum absolute atomic E-state index is 15.2. The number of hydrogen-bond donors (Lipinski definition) is 1. The Balaban J connectivity index is 1.22. The van der Waals surface area contributed by atoms with E-state index in [9.17, 15) is 9.59 Å². The molecule has 0 unspecified atom stereocenters. The summed E-state index contributed by atoms with van der Waals surface area (Å²) in [5.74, 6) is -0.0715. The molecule has 1 fully saturated rings. The second-order valence-electron chi connectivity index (χ2n) is 11.0. The van der Waals surface area contributed by atoms with E-state index in [1.807, 2.05) is 43.6 Å². The molecule has 7 rings (SSSR count). The number of nitrogens with zero attached hydrogens (tertiary/aromatic N) is 5. The van der Waals surface area contributed by atoms with Crippen LogP contribution in [0.25, 0.3) is 33.7 Å². The molecule has 1 N–H and O–H groups in total. The van der Waals surface area contributed by atoms with Crippen LogP contribution < -0.4 is 4.74 Å². The summed E-state index contributed by atoms with van der Waals surface area (Å²) in [4.78, 5) is 39.4. The molecule has 1 aliphatic heterocycles. The molecule has 2 aromatic carbocycles. The molecule has 218 valence electrons. The fourth-order valence-corrected chi connectivity index (χ4v) is 5.59. The third-order valence-corrected chi connectivity index (χ3v) is 7.87. The molecular weight excluding hydrogens is 551 g/mol. The number of aryl methyl sites for hydroxylation is 1. The first kappa shape index (κ1) is 26.8. The van der Waals surface area contributed by atoms with Crippen molar-refractivity contribution in [2.75, 3.05) is 13.2 Å². The molecule has 43 heavy (non-hydrogen) atoms. The van der Waals surface area contributed by atoms with Crippen LogP contribution in [0.4, 0.5) is 4.39 Å². The van der Waals surface area contributed by atoms with Gasteiger partial charge in [-0.15, -0.1) is 0 Å². The molecule has 1 aliphatic carbocycles. The Hall–Kier alpha value is -5.06. The molecule has 1 saturated carbocycles. The lowest BCUT2D eigenvalue weighted by molar-refractivity contribution is -0.142. The van der Waals surface area contributed by atoms with Gasteiger partial charge in [0.1, 0.15) is 41.7 Å². The number of carbonyl (C=O) groups is 2. The van der Waals surface area contributed by atoms with Crippen LogP contribution in [0, 0.1) is 5.82 Å². The van der Waals surface area contributed by atoms with Gasteiger partial charge >= 0.3 is 5.97 Å². The molecule has 4 heterocycles. The molecule has 5 aromatic rings. The topological polar surface area (TPSA) is 115 Å². The van der Waals surface area contributed by atoms with Gasteiger partial charge < -0.3 is 19.4 Å². The highest BCUT2D eigenvalue weighted by Crippen LogP contribution is 2.43. The van der Waals surface area contributed by atoms with Gasteiger partial charge in [-0.25, -0.2) is 14.4 Å². The highest BCUT2D eigenvalue weighted by molar-refractivity contribution is 5.98. The first-order valence-electron chi connectivity index (χ1n) is 14.2. The summed E-state index contributed by atoms with van der Waals surface area (Å²) in [5.41, 5.74) is 6.14. The Bertz CT molecular complexity index is 1890. The zero-order valence-electron chi connectivity index (χ0n) is 23.8. The first-order chi connectivity index (χ1) is 20.8. The van der Waals surface area contributed by atoms with Crippen molar-refractivity contribution in [3.8, 4) is 28.3 Å². The number of halogens is 1. The minimum Gasteiger partial charge on any atom is -0.491 e. The predicted octanol–water partition coefficient (Wildman–Crippen LogP) is 5.14. The standard InChI is InChI=1S/C32H29FN6O4/c1-18(40)43-17-22-11-19(15-39-9-10-42-27-13-21(20-4-5-20)12-26(33)28(27)32(39)41)3-6-24(22)25-7-8-34-31-29(25)36-30(37-31)23-14-35-38(2)16-23/h3,6-8,11-14,16,20H,4-5,9-10,15,17H2,1-2H3,(H,34,36,37). The van der Waals surface area contributed by atoms with Crippen LogP contribution in [0.3, 0.4) is 0 Å². The van der Waals surface area contributed by atoms with Gasteiger partial charge in [0.05, 0.1) is 18.3 Å². The van der Waals surface area contributed by atoms with E-state index < -0.39 is 17.7 Å². The fourth-order valence-electron chi connectivity index (χ4n) is 5.59. The summed E-state index contributed by atoms with van der Waals surface area (Å²) in [5, 5.41) is 4.23. The number of imidazole rings is 1. The molecule has 3 aromatic heterocycles. The number of ether oxygens (including phenoxy) is 2. The maximum Gasteiger partial charge on any atom is 0.302 e. The smallest absolute Gasteiger partial charge is 0.302 e. The largest absolute Gasteiger partial charge is 0.491 e. The second kappa shape index (κ2) is 10.6. The Morgan fingerprint density at radius 2 is 2.05 bits per heavy atom. The van der Waals surface area contributed by atoms with E-state index in [0.29, 0.717) is 35.2 Å². The normalized spacial score (nSPS) is 14.9. The van der Waals surface area contributed by atoms with Gasteiger partial charge in [0.15, 0.2) is 5.65 Å². The van der Waals surface area contributed by atoms with Gasteiger partial charge in [-0.2, -0.15) is 5.10 Å². The number of aromatic amines is 1. The van der Waals surface area contributed by atoms with Crippen LogP contribution in [0.1, 0.15) is 52.7 Å². The molecular formula is C32H29FN6O4. The van der Waals surface area contributed by atoms with Crippen LogP contribution in [0.5, 0.6) is 5.75 Å². The van der Waals surface area contributed by atoms with E-state index in [1.54, 1.807) is 22.0 Å². The number of aromatic nitrogens is 5. The third-order valence-electron chi connectivity index (χ3n) is 7.87. The van der Waals surface area contributed by atoms with Gasteiger partial charge in [0, 0.05) is 38.5 Å². The van der Waals surface area contributed by atoms with E-state index >= 15 is 4.39 Å². The van der Waals surface area contributed by atoms with Crippen LogP contribution >= 0.6 is 0 Å². The second-order valence-corrected chi connectivity index (χ2v) is 11.0. The first-order valence-corrected chi connectivity index (χ1v) is 14.2. The molecule has 0 bridgehead atoms. The molecule has 0 radical (unpaired) electrons. The summed E-state index contributed by atoms with van der Waals surface area (Å²) in [7, 11) is 1.84. The van der Waals surface area contributed by atoms with E-state index in [1.165, 1.54) is 13.0 Å². The average molecular weight is 581 g/mol. The molecule has 0 atom stereocenters. The molecule has 10 nitrogen and oxygen atoms in total. The van der Waals surface area contributed by atoms with Gasteiger partial charge in [0.25, 0.3) is 5.91 Å². The van der Waals surface area contributed by atoms with Crippen molar-refractivity contribution in [3.63, 3.8) is 0 Å². The lowest BCUT2D eigenvalue weighted by Gasteiger charge is -2.21. The fraction of sp³-hybridized carbons (Fsp3) is 0.281. The van der Waals surface area contributed by atoms with Gasteiger partial charge in [-0.1, -0.05) is 12.1 Å². The molecule has 11 heteroatoms. The summed E-state index contributed by atoms with van der Waals surface area (Å²) in [6.07, 6.45) is 7.35. The van der Waals surface area contributed by atoms with Crippen LogP contribution in [0.2, 0.25) is 0 Å². The number of carbonyl (C=O) groups excluding carboxylic acids is 2. The van der Waals surface area contributed by atoms with Crippen molar-refractivity contribution in [2.24, 2.45) is 7.05 Å². The maximum atomic E-state index is 15.2. The SMILES string of the molecule is CC(=O)OCc1cc(CN2CCOc3cc(C4CC4)cc(F)c3C2=O)ccc1-c1ccnc2[nH]c(-c3cnn(C)c3)nc12. The number of H-pyrrole nitrogens is 1. The molecule has 1 amide bonds. The Kier molecular flexibility index (Phi) is 6.64. The van der Waals surface area contributed by atoms with Gasteiger partial charge in [-0.05, 0) is 65.3 Å². The number of amides is 1. The van der Waals surface area contributed by atoms with Crippen molar-refractivity contribution < 1.29 is 23.5 Å². The zero-order valence-corrected chi connectivity index (χ0v) is 23.8. The summed E-state index contributed by atoms with van der Waals surface area (Å²) in [6, 6.07) is 10.9. The number of rotatable bonds is 7. The Morgan fingerprint density at radius 3 is 2.81 bits per heavy atom. The molecule has 0 saturated heterocycles. The summed E-state index contributed by atoms with van der Waals surface area (Å²) >= 11 is 0. The minimum atomic E-state index is -0.548. The highest BCUT2D eigenvalue weighted by atomic mass is 19.1. The van der Waals surface area contributed by atoms with Crippen LogP contribution in [-0.2, 0) is 29.7 Å². The number of nitrogens with one attached hydrogen (secondary N) is 1. The molecule has 0 spiro atoms. The number of hydrogen-bond acceptors (Lipinski definition) is 7. The Morgan fingerprint density at radius 1 is 1.19 bits per heavy atom. The zero-order chi connectivity index (χ0) is 29.7. The molecule has 2 aliphatic rings. The van der Waals surface area contributed by atoms with Crippen LogP contribution in [0.15, 0.2) is 55.0 Å². The summed E-state index contributed by atoms with van der Waals surface area (Å²) in [6.45, 7) is 2.19. The lowest BCUT2D eigenvalue weighted by atomic mass is 9.97. The monoisotopic (exact) mass is 580 g/mol. The number of benzene rings is 2. The number of fused-ring (bicyclic) bond motifs is 2. The minimum absolute atomic E-state index is 0.0270. The van der Waals surface area contributed by atoms with Crippen molar-refractivity contribution >= 4 is 23.0 Å². The van der Waals surface area contributed by atoms with E-state index in [2.05, 4.69) is 15.1 Å². The predicted molar refractivity (Wildman–Crippen MR) is 156 cm³/mol.